The van der Waals surface area contributed by atoms with Crippen LogP contribution in [0.2, 0.25) is 0 Å². The van der Waals surface area contributed by atoms with Crippen molar-refractivity contribution in [3.63, 3.8) is 0 Å². The highest BCUT2D eigenvalue weighted by Gasteiger charge is 2.37. The van der Waals surface area contributed by atoms with E-state index >= 15 is 0 Å². The molecule has 10 heteroatoms. The van der Waals surface area contributed by atoms with Crippen LogP contribution in [0.15, 0.2) is 48.9 Å². The number of nitrogens with one attached hydrogen (secondary N) is 1. The van der Waals surface area contributed by atoms with Crippen LogP contribution in [0.3, 0.4) is 0 Å². The summed E-state index contributed by atoms with van der Waals surface area (Å²) >= 11 is 0. The lowest BCUT2D eigenvalue weighted by Gasteiger charge is -2.40. The second kappa shape index (κ2) is 10.1. The number of carbonyl (C=O) groups is 2. The summed E-state index contributed by atoms with van der Waals surface area (Å²) in [6.45, 7) is 3.00. The van der Waals surface area contributed by atoms with Crippen LogP contribution in [-0.4, -0.2) is 65.2 Å². The highest BCUT2D eigenvalue weighted by atomic mass is 19.1. The standard InChI is InChI=1S/C25H30FN7O2/c1-5-20-25(35)33(16-24(34)30(2)3)22-13-28-23(10-21(22)31(20)4)27-11-18-12-29-32(15-18)14-17-6-8-19(26)9-7-17/h6-10,12-13,15,20H,5,11,14,16H2,1-4H3,(H,27,28). The van der Waals surface area contributed by atoms with Crippen LogP contribution in [0.5, 0.6) is 0 Å². The van der Waals surface area contributed by atoms with Gasteiger partial charge in [0.25, 0.3) is 0 Å². The van der Waals surface area contributed by atoms with Gasteiger partial charge in [-0.05, 0) is 24.1 Å². The van der Waals surface area contributed by atoms with E-state index in [1.807, 2.05) is 31.1 Å². The maximum absolute atomic E-state index is 13.1. The van der Waals surface area contributed by atoms with Crippen molar-refractivity contribution in [2.24, 2.45) is 0 Å². The van der Waals surface area contributed by atoms with Gasteiger partial charge in [-0.2, -0.15) is 5.10 Å². The van der Waals surface area contributed by atoms with Crippen LogP contribution in [0, 0.1) is 5.82 Å². The summed E-state index contributed by atoms with van der Waals surface area (Å²) in [5.41, 5.74) is 3.40. The summed E-state index contributed by atoms with van der Waals surface area (Å²) in [6, 6.07) is 7.92. The van der Waals surface area contributed by atoms with E-state index in [1.165, 1.54) is 21.9 Å². The Bertz CT molecular complexity index is 1210. The Morgan fingerprint density at radius 1 is 1.14 bits per heavy atom. The minimum absolute atomic E-state index is 0.0229. The third kappa shape index (κ3) is 5.26. The summed E-state index contributed by atoms with van der Waals surface area (Å²) in [7, 11) is 5.24. The van der Waals surface area contributed by atoms with Gasteiger partial charge in [0.2, 0.25) is 11.8 Å². The molecule has 3 aromatic rings. The Kier molecular flexibility index (Phi) is 6.99. The Morgan fingerprint density at radius 3 is 2.57 bits per heavy atom. The van der Waals surface area contributed by atoms with E-state index in [1.54, 1.807) is 43.3 Å². The molecule has 0 saturated carbocycles. The lowest BCUT2D eigenvalue weighted by Crippen LogP contribution is -2.54. The predicted molar refractivity (Wildman–Crippen MR) is 133 cm³/mol. The lowest BCUT2D eigenvalue weighted by molar-refractivity contribution is -0.129. The molecule has 184 valence electrons. The highest BCUT2D eigenvalue weighted by Crippen LogP contribution is 2.37. The molecular formula is C25H30FN7O2. The Hall–Kier alpha value is -3.95. The Morgan fingerprint density at radius 2 is 1.89 bits per heavy atom. The zero-order valence-corrected chi connectivity index (χ0v) is 20.4. The number of rotatable bonds is 8. The summed E-state index contributed by atoms with van der Waals surface area (Å²) in [5, 5.41) is 7.70. The first-order valence-corrected chi connectivity index (χ1v) is 11.5. The van der Waals surface area contributed by atoms with E-state index in [2.05, 4.69) is 15.4 Å². The van der Waals surface area contributed by atoms with Crippen LogP contribution >= 0.6 is 0 Å². The van der Waals surface area contributed by atoms with Gasteiger partial charge in [0.1, 0.15) is 24.2 Å². The monoisotopic (exact) mass is 479 g/mol. The fraction of sp³-hybridized carbons (Fsp3) is 0.360. The molecule has 0 saturated heterocycles. The molecule has 0 radical (unpaired) electrons. The van der Waals surface area contributed by atoms with Gasteiger partial charge in [-0.3, -0.25) is 19.2 Å². The molecule has 35 heavy (non-hydrogen) atoms. The van der Waals surface area contributed by atoms with Gasteiger partial charge in [-0.1, -0.05) is 19.1 Å². The van der Waals surface area contributed by atoms with E-state index in [9.17, 15) is 14.0 Å². The van der Waals surface area contributed by atoms with E-state index in [4.69, 9.17) is 0 Å². The van der Waals surface area contributed by atoms with Crippen molar-refractivity contribution in [1.29, 1.82) is 0 Å². The molecule has 1 N–H and O–H groups in total. The molecule has 0 bridgehead atoms. The predicted octanol–water partition coefficient (Wildman–Crippen LogP) is 2.73. The smallest absolute Gasteiger partial charge is 0.250 e. The normalized spacial score (nSPS) is 15.2. The number of hydrogen-bond acceptors (Lipinski definition) is 6. The van der Waals surface area contributed by atoms with Crippen molar-refractivity contribution >= 4 is 29.0 Å². The van der Waals surface area contributed by atoms with Crippen molar-refractivity contribution in [3.8, 4) is 0 Å². The number of anilines is 3. The maximum Gasteiger partial charge on any atom is 0.250 e. The third-order valence-electron chi connectivity index (χ3n) is 6.15. The molecule has 4 rings (SSSR count). The topological polar surface area (TPSA) is 86.6 Å². The second-order valence-electron chi connectivity index (χ2n) is 8.83. The molecule has 2 aromatic heterocycles. The molecule has 1 aliphatic heterocycles. The van der Waals surface area contributed by atoms with Crippen molar-refractivity contribution in [2.75, 3.05) is 42.8 Å². The first-order chi connectivity index (χ1) is 16.8. The van der Waals surface area contributed by atoms with Crippen molar-refractivity contribution in [2.45, 2.75) is 32.5 Å². The number of hydrogen-bond donors (Lipinski definition) is 1. The molecular weight excluding hydrogens is 449 g/mol. The number of aromatic nitrogens is 3. The summed E-state index contributed by atoms with van der Waals surface area (Å²) in [6.07, 6.45) is 5.97. The van der Waals surface area contributed by atoms with Crippen molar-refractivity contribution in [1.82, 2.24) is 19.7 Å². The average molecular weight is 480 g/mol. The molecule has 0 spiro atoms. The van der Waals surface area contributed by atoms with E-state index in [0.29, 0.717) is 31.0 Å². The minimum Gasteiger partial charge on any atom is -0.366 e. The van der Waals surface area contributed by atoms with Gasteiger partial charge in [-0.15, -0.1) is 0 Å². The number of carbonyl (C=O) groups excluding carboxylic acids is 2. The number of halogens is 1. The number of fused-ring (bicyclic) bond motifs is 1. The first-order valence-electron chi connectivity index (χ1n) is 11.5. The molecule has 2 amide bonds. The SMILES string of the molecule is CCC1C(=O)N(CC(=O)N(C)C)c2cnc(NCc3cnn(Cc4ccc(F)cc4)c3)cc2N1C. The molecule has 1 aliphatic rings. The van der Waals surface area contributed by atoms with Crippen LogP contribution in [0.4, 0.5) is 21.6 Å². The molecule has 0 fully saturated rings. The van der Waals surface area contributed by atoms with E-state index < -0.39 is 0 Å². The fourth-order valence-corrected chi connectivity index (χ4v) is 4.10. The van der Waals surface area contributed by atoms with Crippen LogP contribution in [0.1, 0.15) is 24.5 Å². The molecule has 1 unspecified atom stereocenters. The van der Waals surface area contributed by atoms with E-state index in [0.717, 1.165) is 16.8 Å². The molecule has 3 heterocycles. The molecule has 0 aliphatic carbocycles. The number of benzene rings is 1. The van der Waals surface area contributed by atoms with Crippen molar-refractivity contribution in [3.05, 3.63) is 65.9 Å². The number of amides is 2. The van der Waals surface area contributed by atoms with E-state index in [-0.39, 0.29) is 30.2 Å². The quantitative estimate of drug-likeness (QED) is 0.535. The summed E-state index contributed by atoms with van der Waals surface area (Å²) in [5.74, 6) is 0.145. The number of nitrogens with zero attached hydrogens (tertiary/aromatic N) is 6. The number of pyridine rings is 1. The van der Waals surface area contributed by atoms with Gasteiger partial charge in [0.05, 0.1) is 30.3 Å². The Balaban J connectivity index is 1.48. The van der Waals surface area contributed by atoms with Gasteiger partial charge >= 0.3 is 0 Å². The van der Waals surface area contributed by atoms with Gasteiger partial charge in [0, 0.05) is 45.5 Å². The largest absolute Gasteiger partial charge is 0.366 e. The summed E-state index contributed by atoms with van der Waals surface area (Å²) < 4.78 is 14.9. The van der Waals surface area contributed by atoms with Crippen LogP contribution in [0.25, 0.3) is 0 Å². The van der Waals surface area contributed by atoms with Gasteiger partial charge < -0.3 is 15.1 Å². The van der Waals surface area contributed by atoms with Crippen molar-refractivity contribution < 1.29 is 14.0 Å². The van der Waals surface area contributed by atoms with Gasteiger partial charge in [0.15, 0.2) is 0 Å². The first kappa shape index (κ1) is 24.2. The average Bonchev–Trinajstić information content (AvgIpc) is 3.29. The maximum atomic E-state index is 13.1. The third-order valence-corrected chi connectivity index (χ3v) is 6.15. The number of likely N-dealkylation sites (N-methyl/N-ethyl adjacent to an activating group) is 2. The molecule has 9 nitrogen and oxygen atoms in total. The fourth-order valence-electron chi connectivity index (χ4n) is 4.10. The van der Waals surface area contributed by atoms with Crippen LogP contribution < -0.4 is 15.1 Å². The van der Waals surface area contributed by atoms with Crippen LogP contribution in [-0.2, 0) is 22.7 Å². The van der Waals surface area contributed by atoms with Gasteiger partial charge in [-0.25, -0.2) is 9.37 Å². The molecule has 1 aromatic carbocycles. The minimum atomic E-state index is -0.350. The Labute approximate surface area is 204 Å². The molecule has 1 atom stereocenters. The second-order valence-corrected chi connectivity index (χ2v) is 8.83. The lowest BCUT2D eigenvalue weighted by atomic mass is 10.1. The zero-order chi connectivity index (χ0) is 25.1. The highest BCUT2D eigenvalue weighted by molar-refractivity contribution is 6.08. The zero-order valence-electron chi connectivity index (χ0n) is 20.4. The summed E-state index contributed by atoms with van der Waals surface area (Å²) in [4.78, 5) is 34.9.